The van der Waals surface area contributed by atoms with E-state index >= 15 is 0 Å². The first-order chi connectivity index (χ1) is 11.6. The van der Waals surface area contributed by atoms with Crippen molar-refractivity contribution in [2.24, 2.45) is 4.99 Å². The highest BCUT2D eigenvalue weighted by Crippen LogP contribution is 2.20. The van der Waals surface area contributed by atoms with Crippen LogP contribution in [-0.4, -0.2) is 32.0 Å². The Morgan fingerprint density at radius 2 is 2.08 bits per heavy atom. The molecule has 0 fully saturated rings. The summed E-state index contributed by atoms with van der Waals surface area (Å²) >= 11 is 5.15. The molecule has 3 N–H and O–H groups in total. The summed E-state index contributed by atoms with van der Waals surface area (Å²) in [5, 5.41) is 11.2. The van der Waals surface area contributed by atoms with Crippen molar-refractivity contribution >= 4 is 68.8 Å². The minimum atomic E-state index is -0.114. The van der Waals surface area contributed by atoms with E-state index in [1.165, 1.54) is 4.88 Å². The normalized spacial score (nSPS) is 10.8. The van der Waals surface area contributed by atoms with Gasteiger partial charge in [-0.15, -0.1) is 35.3 Å². The zero-order valence-electron chi connectivity index (χ0n) is 14.1. The number of aliphatic imine (C=N–C) groups is 1. The zero-order valence-corrected chi connectivity index (χ0v) is 18.9. The fraction of sp³-hybridized carbons (Fsp3) is 0.294. The van der Waals surface area contributed by atoms with Crippen molar-refractivity contribution in [1.82, 2.24) is 10.6 Å². The molecule has 136 valence electrons. The molecule has 25 heavy (non-hydrogen) atoms. The van der Waals surface area contributed by atoms with E-state index in [2.05, 4.69) is 48.3 Å². The number of carbonyl (C=O) groups is 1. The maximum absolute atomic E-state index is 12.1. The zero-order chi connectivity index (χ0) is 17.4. The lowest BCUT2D eigenvalue weighted by Gasteiger charge is -2.13. The topological polar surface area (TPSA) is 65.5 Å². The van der Waals surface area contributed by atoms with Crippen LogP contribution in [0.15, 0.2) is 45.2 Å². The minimum absolute atomic E-state index is 0. The molecule has 0 saturated heterocycles. The Morgan fingerprint density at radius 3 is 2.76 bits per heavy atom. The summed E-state index contributed by atoms with van der Waals surface area (Å²) in [6, 6.07) is 9.94. The van der Waals surface area contributed by atoms with E-state index in [0.717, 1.165) is 28.7 Å². The highest BCUT2D eigenvalue weighted by atomic mass is 127. The second-order valence-corrected chi connectivity index (χ2v) is 7.14. The molecular weight excluding hydrogens is 515 g/mol. The Labute approximate surface area is 177 Å². The third-order valence-electron chi connectivity index (χ3n) is 3.36. The molecule has 1 aromatic heterocycles. The number of nitrogens with one attached hydrogen (secondary N) is 3. The van der Waals surface area contributed by atoms with Gasteiger partial charge in [0.2, 0.25) is 5.91 Å². The monoisotopic (exact) mass is 536 g/mol. The number of hydrogen-bond donors (Lipinski definition) is 3. The van der Waals surface area contributed by atoms with Crippen LogP contribution in [0.4, 0.5) is 5.69 Å². The second-order valence-electron chi connectivity index (χ2n) is 5.19. The Bertz CT molecular complexity index is 707. The van der Waals surface area contributed by atoms with Crippen molar-refractivity contribution in [2.75, 3.05) is 25.5 Å². The Hall–Kier alpha value is -1.13. The molecule has 0 bridgehead atoms. The van der Waals surface area contributed by atoms with Crippen molar-refractivity contribution < 1.29 is 4.79 Å². The predicted octanol–water partition coefficient (Wildman–Crippen LogP) is 3.78. The molecule has 0 atom stereocenters. The van der Waals surface area contributed by atoms with Crippen molar-refractivity contribution in [2.45, 2.75) is 13.3 Å². The first kappa shape index (κ1) is 21.9. The number of nitrogens with zero attached hydrogens (tertiary/aromatic N) is 1. The summed E-state index contributed by atoms with van der Waals surface area (Å²) in [5.41, 5.74) is 1.82. The van der Waals surface area contributed by atoms with Gasteiger partial charge in [-0.2, -0.15) is 0 Å². The maximum Gasteiger partial charge on any atom is 0.243 e. The van der Waals surface area contributed by atoms with Gasteiger partial charge in [-0.25, -0.2) is 0 Å². The fourth-order valence-corrected chi connectivity index (χ4v) is 3.14. The minimum Gasteiger partial charge on any atom is -0.356 e. The van der Waals surface area contributed by atoms with Gasteiger partial charge in [0.25, 0.3) is 0 Å². The molecule has 0 unspecified atom stereocenters. The highest BCUT2D eigenvalue weighted by Gasteiger charge is 2.06. The third kappa shape index (κ3) is 7.74. The summed E-state index contributed by atoms with van der Waals surface area (Å²) < 4.78 is 0.933. The van der Waals surface area contributed by atoms with Gasteiger partial charge < -0.3 is 16.0 Å². The molecule has 5 nitrogen and oxygen atoms in total. The predicted molar refractivity (Wildman–Crippen MR) is 120 cm³/mol. The number of carbonyl (C=O) groups excluding carboxylic acids is 1. The number of anilines is 1. The number of halogens is 2. The molecule has 0 radical (unpaired) electrons. The van der Waals surface area contributed by atoms with E-state index < -0.39 is 0 Å². The molecule has 2 rings (SSSR count). The number of thiophene rings is 1. The van der Waals surface area contributed by atoms with Crippen molar-refractivity contribution in [3.63, 3.8) is 0 Å². The summed E-state index contributed by atoms with van der Waals surface area (Å²) in [5.74, 6) is 0.505. The van der Waals surface area contributed by atoms with Gasteiger partial charge in [0.1, 0.15) is 0 Å². The molecular formula is C17H22BrIN4OS. The van der Waals surface area contributed by atoms with Gasteiger partial charge in [-0.3, -0.25) is 9.79 Å². The Kier molecular flexibility index (Phi) is 10.1. The van der Waals surface area contributed by atoms with Crippen molar-refractivity contribution in [3.05, 3.63) is 50.6 Å². The Morgan fingerprint density at radius 1 is 1.28 bits per heavy atom. The number of aryl methyl sites for hydroxylation is 1. The SMILES string of the molecule is CN=C(NCCc1cccs1)NCC(=O)Nc1cc(Br)ccc1C.I. The maximum atomic E-state index is 12.1. The number of amides is 1. The quantitative estimate of drug-likeness (QED) is 0.299. The van der Waals surface area contributed by atoms with E-state index in [0.29, 0.717) is 5.96 Å². The van der Waals surface area contributed by atoms with Crippen LogP contribution in [0.1, 0.15) is 10.4 Å². The van der Waals surface area contributed by atoms with Crippen LogP contribution in [0.5, 0.6) is 0 Å². The van der Waals surface area contributed by atoms with E-state index in [1.54, 1.807) is 18.4 Å². The number of rotatable bonds is 6. The van der Waals surface area contributed by atoms with Gasteiger partial charge in [-0.1, -0.05) is 28.1 Å². The highest BCUT2D eigenvalue weighted by molar-refractivity contribution is 14.0. The summed E-state index contributed by atoms with van der Waals surface area (Å²) in [7, 11) is 1.69. The molecule has 8 heteroatoms. The second kappa shape index (κ2) is 11.5. The van der Waals surface area contributed by atoms with Crippen LogP contribution in [0.3, 0.4) is 0 Å². The van der Waals surface area contributed by atoms with Crippen LogP contribution in [0, 0.1) is 6.92 Å². The lowest BCUT2D eigenvalue weighted by atomic mass is 10.2. The van der Waals surface area contributed by atoms with E-state index in [4.69, 9.17) is 0 Å². The smallest absolute Gasteiger partial charge is 0.243 e. The standard InChI is InChI=1S/C17H21BrN4OS.HI/c1-12-5-6-13(18)10-15(12)22-16(23)11-21-17(19-2)20-8-7-14-4-3-9-24-14;/h3-6,9-10H,7-8,11H2,1-2H3,(H,22,23)(H2,19,20,21);1H. The molecule has 2 aromatic rings. The lowest BCUT2D eigenvalue weighted by Crippen LogP contribution is -2.42. The molecule has 0 aliphatic rings. The number of benzene rings is 1. The van der Waals surface area contributed by atoms with Crippen LogP contribution in [-0.2, 0) is 11.2 Å². The van der Waals surface area contributed by atoms with E-state index in [9.17, 15) is 4.79 Å². The summed E-state index contributed by atoms with van der Waals surface area (Å²) in [6.07, 6.45) is 0.932. The van der Waals surface area contributed by atoms with Crippen LogP contribution >= 0.6 is 51.2 Å². The molecule has 0 spiro atoms. The van der Waals surface area contributed by atoms with Crippen LogP contribution < -0.4 is 16.0 Å². The van der Waals surface area contributed by atoms with Crippen molar-refractivity contribution in [3.8, 4) is 0 Å². The molecule has 0 aliphatic carbocycles. The average Bonchev–Trinajstić information content (AvgIpc) is 3.07. The Balaban J connectivity index is 0.00000312. The number of hydrogen-bond acceptors (Lipinski definition) is 3. The largest absolute Gasteiger partial charge is 0.356 e. The van der Waals surface area contributed by atoms with E-state index in [-0.39, 0.29) is 36.4 Å². The van der Waals surface area contributed by atoms with Crippen molar-refractivity contribution in [1.29, 1.82) is 0 Å². The molecule has 0 saturated carbocycles. The average molecular weight is 537 g/mol. The van der Waals surface area contributed by atoms with E-state index in [1.807, 2.05) is 31.2 Å². The lowest BCUT2D eigenvalue weighted by molar-refractivity contribution is -0.115. The molecule has 1 heterocycles. The summed E-state index contributed by atoms with van der Waals surface area (Å²) in [6.45, 7) is 2.89. The molecule has 0 aliphatic heterocycles. The van der Waals surface area contributed by atoms with Crippen LogP contribution in [0.2, 0.25) is 0 Å². The van der Waals surface area contributed by atoms with Gasteiger partial charge in [0.05, 0.1) is 6.54 Å². The molecule has 1 aromatic carbocycles. The third-order valence-corrected chi connectivity index (χ3v) is 4.79. The fourth-order valence-electron chi connectivity index (χ4n) is 2.07. The van der Waals surface area contributed by atoms with Crippen LogP contribution in [0.25, 0.3) is 0 Å². The van der Waals surface area contributed by atoms with Gasteiger partial charge in [0, 0.05) is 28.6 Å². The summed E-state index contributed by atoms with van der Waals surface area (Å²) in [4.78, 5) is 17.5. The van der Waals surface area contributed by atoms with Gasteiger partial charge >= 0.3 is 0 Å². The molecule has 1 amide bonds. The number of guanidine groups is 1. The van der Waals surface area contributed by atoms with Gasteiger partial charge in [-0.05, 0) is 42.5 Å². The van der Waals surface area contributed by atoms with Gasteiger partial charge in [0.15, 0.2) is 5.96 Å². The first-order valence-electron chi connectivity index (χ1n) is 7.61. The first-order valence-corrected chi connectivity index (χ1v) is 9.28.